The summed E-state index contributed by atoms with van der Waals surface area (Å²) in [5.74, 6) is 1.43. The van der Waals surface area contributed by atoms with Gasteiger partial charge in [-0.15, -0.1) is 0 Å². The van der Waals surface area contributed by atoms with Crippen molar-refractivity contribution in [3.63, 3.8) is 0 Å². The fraction of sp³-hybridized carbons (Fsp3) is 0.571. The van der Waals surface area contributed by atoms with Crippen LogP contribution in [0.3, 0.4) is 0 Å². The third-order valence-corrected chi connectivity index (χ3v) is 2.69. The molecule has 0 aliphatic rings. The number of hydrogen-bond acceptors (Lipinski definition) is 4. The van der Waals surface area contributed by atoms with Crippen molar-refractivity contribution in [2.45, 2.75) is 33.2 Å². The number of aromatic nitrogens is 1. The molecule has 98 valence electrons. The first kappa shape index (κ1) is 14.5. The molecule has 1 aromatic heterocycles. The summed E-state index contributed by atoms with van der Waals surface area (Å²) in [5.41, 5.74) is 7.02. The molecule has 0 aromatic carbocycles. The maximum absolute atomic E-state index is 8.75. The molecular formula is C14H22N4. The van der Waals surface area contributed by atoms with E-state index in [-0.39, 0.29) is 6.04 Å². The van der Waals surface area contributed by atoms with Crippen LogP contribution >= 0.6 is 0 Å². The molecule has 1 rings (SSSR count). The minimum Gasteiger partial charge on any atom is -0.355 e. The summed E-state index contributed by atoms with van der Waals surface area (Å²) in [4.78, 5) is 6.60. The maximum atomic E-state index is 8.75. The number of nitrogens with zero attached hydrogens (tertiary/aromatic N) is 3. The van der Waals surface area contributed by atoms with Crippen molar-refractivity contribution >= 4 is 5.82 Å². The molecule has 2 N–H and O–H groups in total. The molecule has 0 fully saturated rings. The zero-order valence-electron chi connectivity index (χ0n) is 11.4. The predicted molar refractivity (Wildman–Crippen MR) is 74.1 cm³/mol. The van der Waals surface area contributed by atoms with Gasteiger partial charge in [-0.3, -0.25) is 0 Å². The van der Waals surface area contributed by atoms with E-state index in [1.54, 1.807) is 6.20 Å². The van der Waals surface area contributed by atoms with Gasteiger partial charge in [0.2, 0.25) is 0 Å². The number of hydrogen-bond donors (Lipinski definition) is 1. The Balaban J connectivity index is 3.00. The smallest absolute Gasteiger partial charge is 0.133 e. The van der Waals surface area contributed by atoms with Crippen molar-refractivity contribution < 1.29 is 0 Å². The van der Waals surface area contributed by atoms with Gasteiger partial charge in [0.05, 0.1) is 12.5 Å². The summed E-state index contributed by atoms with van der Waals surface area (Å²) in [6.45, 7) is 7.86. The Morgan fingerprint density at radius 1 is 1.44 bits per heavy atom. The second-order valence-electron chi connectivity index (χ2n) is 4.95. The average molecular weight is 246 g/mol. The quantitative estimate of drug-likeness (QED) is 0.837. The third-order valence-electron chi connectivity index (χ3n) is 2.69. The molecule has 1 heterocycles. The Labute approximate surface area is 109 Å². The molecular weight excluding hydrogens is 224 g/mol. The van der Waals surface area contributed by atoms with Crippen LogP contribution in [0.1, 0.15) is 38.8 Å². The minimum absolute atomic E-state index is 0.0505. The predicted octanol–water partition coefficient (Wildman–Crippen LogP) is 2.48. The molecule has 4 nitrogen and oxygen atoms in total. The molecule has 0 saturated carbocycles. The molecule has 0 aliphatic carbocycles. The van der Waals surface area contributed by atoms with Crippen molar-refractivity contribution in [2.75, 3.05) is 18.0 Å². The summed E-state index contributed by atoms with van der Waals surface area (Å²) in [5, 5.41) is 8.75. The lowest BCUT2D eigenvalue weighted by Gasteiger charge is -2.27. The first-order chi connectivity index (χ1) is 8.56. The molecule has 0 spiro atoms. The molecule has 18 heavy (non-hydrogen) atoms. The lowest BCUT2D eigenvalue weighted by Crippen LogP contribution is -2.31. The van der Waals surface area contributed by atoms with Crippen molar-refractivity contribution in [1.29, 1.82) is 5.26 Å². The molecule has 0 bridgehead atoms. The van der Waals surface area contributed by atoms with Crippen LogP contribution in [0.4, 0.5) is 5.82 Å². The van der Waals surface area contributed by atoms with Gasteiger partial charge < -0.3 is 10.6 Å². The number of nitrogens with two attached hydrogens (primary N) is 1. The Bertz CT molecular complexity index is 407. The molecule has 1 unspecified atom stereocenters. The fourth-order valence-electron chi connectivity index (χ4n) is 1.94. The maximum Gasteiger partial charge on any atom is 0.133 e. The lowest BCUT2D eigenvalue weighted by molar-refractivity contribution is 0.603. The van der Waals surface area contributed by atoms with Gasteiger partial charge in [-0.05, 0) is 18.9 Å². The van der Waals surface area contributed by atoms with Gasteiger partial charge in [0.15, 0.2) is 0 Å². The van der Waals surface area contributed by atoms with Crippen molar-refractivity contribution in [3.05, 3.63) is 23.9 Å². The second-order valence-corrected chi connectivity index (χ2v) is 4.95. The Morgan fingerprint density at radius 3 is 2.72 bits per heavy atom. The van der Waals surface area contributed by atoms with Crippen LogP contribution in [0.2, 0.25) is 0 Å². The van der Waals surface area contributed by atoms with Gasteiger partial charge in [0.1, 0.15) is 5.82 Å². The fourth-order valence-corrected chi connectivity index (χ4v) is 1.94. The molecule has 0 saturated heterocycles. The normalized spacial score (nSPS) is 12.2. The van der Waals surface area contributed by atoms with E-state index in [4.69, 9.17) is 11.0 Å². The number of pyridine rings is 1. The van der Waals surface area contributed by atoms with Gasteiger partial charge in [-0.1, -0.05) is 19.9 Å². The highest BCUT2D eigenvalue weighted by atomic mass is 15.2. The summed E-state index contributed by atoms with van der Waals surface area (Å²) in [7, 11) is 0. The van der Waals surface area contributed by atoms with Gasteiger partial charge >= 0.3 is 0 Å². The Hall–Kier alpha value is -1.60. The van der Waals surface area contributed by atoms with Crippen LogP contribution in [0, 0.1) is 17.2 Å². The Kier molecular flexibility index (Phi) is 5.60. The van der Waals surface area contributed by atoms with Gasteiger partial charge in [0.25, 0.3) is 0 Å². The SMILES string of the molecule is CC(C)CN(CCC#N)c1ncccc1C(C)N. The zero-order chi connectivity index (χ0) is 13.5. The summed E-state index contributed by atoms with van der Waals surface area (Å²) < 4.78 is 0. The zero-order valence-corrected chi connectivity index (χ0v) is 11.4. The van der Waals surface area contributed by atoms with Crippen LogP contribution in [0.25, 0.3) is 0 Å². The highest BCUT2D eigenvalue weighted by Gasteiger charge is 2.15. The van der Waals surface area contributed by atoms with Crippen molar-refractivity contribution in [3.8, 4) is 6.07 Å². The minimum atomic E-state index is -0.0505. The summed E-state index contributed by atoms with van der Waals surface area (Å²) in [6, 6.07) is 6.05. The Morgan fingerprint density at radius 2 is 2.17 bits per heavy atom. The van der Waals surface area contributed by atoms with Crippen LogP contribution in [-0.2, 0) is 0 Å². The van der Waals surface area contributed by atoms with Crippen molar-refractivity contribution in [2.24, 2.45) is 11.7 Å². The molecule has 0 amide bonds. The molecule has 4 heteroatoms. The largest absolute Gasteiger partial charge is 0.355 e. The van der Waals surface area contributed by atoms with Gasteiger partial charge in [-0.25, -0.2) is 4.98 Å². The van der Waals surface area contributed by atoms with Gasteiger partial charge in [0, 0.05) is 30.9 Å². The van der Waals surface area contributed by atoms with E-state index >= 15 is 0 Å². The first-order valence-corrected chi connectivity index (χ1v) is 6.38. The molecule has 0 radical (unpaired) electrons. The first-order valence-electron chi connectivity index (χ1n) is 6.38. The monoisotopic (exact) mass is 246 g/mol. The van der Waals surface area contributed by atoms with Crippen LogP contribution in [0.5, 0.6) is 0 Å². The van der Waals surface area contributed by atoms with Crippen LogP contribution < -0.4 is 10.6 Å². The van der Waals surface area contributed by atoms with Crippen LogP contribution in [0.15, 0.2) is 18.3 Å². The molecule has 1 aromatic rings. The average Bonchev–Trinajstić information content (AvgIpc) is 2.34. The van der Waals surface area contributed by atoms with E-state index in [1.165, 1.54) is 0 Å². The second kappa shape index (κ2) is 6.97. The van der Waals surface area contributed by atoms with E-state index in [9.17, 15) is 0 Å². The molecule has 1 atom stereocenters. The van der Waals surface area contributed by atoms with Gasteiger partial charge in [-0.2, -0.15) is 5.26 Å². The van der Waals surface area contributed by atoms with E-state index in [2.05, 4.69) is 29.8 Å². The topological polar surface area (TPSA) is 65.9 Å². The highest BCUT2D eigenvalue weighted by Crippen LogP contribution is 2.23. The molecule has 0 aliphatic heterocycles. The van der Waals surface area contributed by atoms with E-state index in [0.29, 0.717) is 18.9 Å². The summed E-state index contributed by atoms with van der Waals surface area (Å²) in [6.07, 6.45) is 2.28. The standard InChI is InChI=1S/C14H22N4/c1-11(2)10-18(9-5-7-15)14-13(12(3)16)6-4-8-17-14/h4,6,8,11-12H,5,9-10,16H2,1-3H3. The number of nitriles is 1. The lowest BCUT2D eigenvalue weighted by atomic mass is 10.1. The number of anilines is 1. The van der Waals surface area contributed by atoms with Crippen LogP contribution in [-0.4, -0.2) is 18.1 Å². The highest BCUT2D eigenvalue weighted by molar-refractivity contribution is 5.48. The third kappa shape index (κ3) is 4.01. The summed E-state index contributed by atoms with van der Waals surface area (Å²) >= 11 is 0. The van der Waals surface area contributed by atoms with Crippen molar-refractivity contribution in [1.82, 2.24) is 4.98 Å². The van der Waals surface area contributed by atoms with E-state index < -0.39 is 0 Å². The van der Waals surface area contributed by atoms with E-state index in [0.717, 1.165) is 17.9 Å². The van der Waals surface area contributed by atoms with E-state index in [1.807, 2.05) is 19.1 Å². The number of rotatable bonds is 6.